The predicted octanol–water partition coefficient (Wildman–Crippen LogP) is 6.55. The van der Waals surface area contributed by atoms with E-state index in [1.807, 2.05) is 30.3 Å². The highest BCUT2D eigenvalue weighted by Crippen LogP contribution is 2.36. The first kappa shape index (κ1) is 21.1. The molecule has 4 nitrogen and oxygen atoms in total. The molecular formula is C22H17Cl2NO3S. The molecule has 3 aromatic rings. The maximum Gasteiger partial charge on any atom is 0.341 e. The Morgan fingerprint density at radius 2 is 1.76 bits per heavy atom. The number of anilines is 1. The molecule has 0 aliphatic carbocycles. The van der Waals surface area contributed by atoms with Crippen molar-refractivity contribution in [2.24, 2.45) is 0 Å². The number of hydrogen-bond acceptors (Lipinski definition) is 4. The summed E-state index contributed by atoms with van der Waals surface area (Å²) in [7, 11) is 0. The van der Waals surface area contributed by atoms with Gasteiger partial charge in [-0.2, -0.15) is 0 Å². The Morgan fingerprint density at radius 3 is 2.41 bits per heavy atom. The summed E-state index contributed by atoms with van der Waals surface area (Å²) in [5, 5.41) is 4.06. The summed E-state index contributed by atoms with van der Waals surface area (Å²) in [6, 6.07) is 16.4. The smallest absolute Gasteiger partial charge is 0.341 e. The van der Waals surface area contributed by atoms with Crippen LogP contribution in [0.4, 0.5) is 5.00 Å². The Morgan fingerprint density at radius 1 is 1.07 bits per heavy atom. The quantitative estimate of drug-likeness (QED) is 0.345. The average molecular weight is 446 g/mol. The van der Waals surface area contributed by atoms with Gasteiger partial charge in [0.2, 0.25) is 5.91 Å². The number of nitrogens with one attached hydrogen (secondary N) is 1. The number of amides is 1. The number of esters is 1. The minimum Gasteiger partial charge on any atom is -0.462 e. The predicted molar refractivity (Wildman–Crippen MR) is 120 cm³/mol. The second-order valence-corrected chi connectivity index (χ2v) is 7.76. The van der Waals surface area contributed by atoms with Crippen molar-refractivity contribution in [2.75, 3.05) is 11.9 Å². The van der Waals surface area contributed by atoms with Crippen molar-refractivity contribution >= 4 is 57.5 Å². The molecule has 0 radical (unpaired) electrons. The normalized spacial score (nSPS) is 10.9. The summed E-state index contributed by atoms with van der Waals surface area (Å²) in [5.41, 5.74) is 1.81. The molecule has 148 valence electrons. The fraction of sp³-hybridized carbons (Fsp3) is 0.0909. The van der Waals surface area contributed by atoms with E-state index in [1.54, 1.807) is 31.2 Å². The second kappa shape index (κ2) is 9.74. The summed E-state index contributed by atoms with van der Waals surface area (Å²) in [6.45, 7) is 1.98. The third kappa shape index (κ3) is 5.26. The minimum absolute atomic E-state index is 0.244. The zero-order valence-corrected chi connectivity index (χ0v) is 17.8. The zero-order chi connectivity index (χ0) is 20.8. The molecule has 1 amide bonds. The molecular weight excluding hydrogens is 429 g/mol. The molecule has 0 fully saturated rings. The van der Waals surface area contributed by atoms with Crippen LogP contribution in [0.1, 0.15) is 22.8 Å². The fourth-order valence-corrected chi connectivity index (χ4v) is 4.15. The largest absolute Gasteiger partial charge is 0.462 e. The lowest BCUT2D eigenvalue weighted by Crippen LogP contribution is -2.11. The van der Waals surface area contributed by atoms with E-state index in [0.29, 0.717) is 26.2 Å². The number of carbonyl (C=O) groups excluding carboxylic acids is 2. The summed E-state index contributed by atoms with van der Waals surface area (Å²) in [5.74, 6) is -0.896. The number of benzene rings is 2. The average Bonchev–Trinajstić information content (AvgIpc) is 3.12. The van der Waals surface area contributed by atoms with E-state index in [1.165, 1.54) is 23.5 Å². The maximum atomic E-state index is 12.5. The van der Waals surface area contributed by atoms with Gasteiger partial charge in [0.25, 0.3) is 0 Å². The standard InChI is InChI=1S/C22H17Cl2NO3S/c1-2-28-22(27)16-13-19(14-7-4-3-5-8-14)29-21(16)25-20(26)12-11-15-17(23)9-6-10-18(15)24/h3-13H,2H2,1H3,(H,25,26). The molecule has 0 unspecified atom stereocenters. The summed E-state index contributed by atoms with van der Waals surface area (Å²) < 4.78 is 5.12. The van der Waals surface area contributed by atoms with E-state index >= 15 is 0 Å². The van der Waals surface area contributed by atoms with Gasteiger partial charge in [-0.3, -0.25) is 4.79 Å². The molecule has 0 saturated heterocycles. The lowest BCUT2D eigenvalue weighted by atomic mass is 10.1. The third-order valence-corrected chi connectivity index (χ3v) is 5.68. The van der Waals surface area contributed by atoms with Crippen LogP contribution in [0, 0.1) is 0 Å². The van der Waals surface area contributed by atoms with E-state index < -0.39 is 11.9 Å². The SMILES string of the molecule is CCOC(=O)c1cc(-c2ccccc2)sc1NC(=O)C=Cc1c(Cl)cccc1Cl. The van der Waals surface area contributed by atoms with Gasteiger partial charge in [-0.1, -0.05) is 59.6 Å². The van der Waals surface area contributed by atoms with E-state index in [0.717, 1.165) is 10.4 Å². The van der Waals surface area contributed by atoms with Crippen molar-refractivity contribution in [1.29, 1.82) is 0 Å². The highest BCUT2D eigenvalue weighted by atomic mass is 35.5. The topological polar surface area (TPSA) is 55.4 Å². The van der Waals surface area contributed by atoms with Gasteiger partial charge in [0.05, 0.1) is 12.2 Å². The molecule has 3 rings (SSSR count). The number of thiophene rings is 1. The summed E-state index contributed by atoms with van der Waals surface area (Å²) in [6.07, 6.45) is 2.86. The van der Waals surface area contributed by atoms with Crippen LogP contribution in [0.5, 0.6) is 0 Å². The first-order valence-corrected chi connectivity index (χ1v) is 10.4. The number of ether oxygens (including phenoxy) is 1. The van der Waals surface area contributed by atoms with Gasteiger partial charge in [0.1, 0.15) is 5.00 Å². The van der Waals surface area contributed by atoms with E-state index in [4.69, 9.17) is 27.9 Å². The molecule has 0 atom stereocenters. The lowest BCUT2D eigenvalue weighted by Gasteiger charge is -2.04. The first-order valence-electron chi connectivity index (χ1n) is 8.79. The van der Waals surface area contributed by atoms with Crippen LogP contribution in [0.2, 0.25) is 10.0 Å². The molecule has 0 aliphatic heterocycles. The first-order chi connectivity index (χ1) is 14.0. The molecule has 0 saturated carbocycles. The van der Waals surface area contributed by atoms with Gasteiger partial charge in [-0.05, 0) is 36.8 Å². The van der Waals surface area contributed by atoms with Crippen LogP contribution in [0.25, 0.3) is 16.5 Å². The Labute approximate surface area is 182 Å². The molecule has 0 aliphatic rings. The Kier molecular flexibility index (Phi) is 7.09. The van der Waals surface area contributed by atoms with Gasteiger partial charge in [0.15, 0.2) is 0 Å². The van der Waals surface area contributed by atoms with Crippen molar-refractivity contribution in [2.45, 2.75) is 6.92 Å². The highest BCUT2D eigenvalue weighted by Gasteiger charge is 2.19. The van der Waals surface area contributed by atoms with Crippen molar-refractivity contribution < 1.29 is 14.3 Å². The number of rotatable bonds is 6. The number of carbonyl (C=O) groups is 2. The molecule has 1 heterocycles. The Bertz CT molecular complexity index is 1040. The zero-order valence-electron chi connectivity index (χ0n) is 15.4. The molecule has 0 bridgehead atoms. The fourth-order valence-electron chi connectivity index (χ4n) is 2.57. The van der Waals surface area contributed by atoms with Crippen LogP contribution in [-0.2, 0) is 9.53 Å². The van der Waals surface area contributed by atoms with Gasteiger partial charge in [-0.15, -0.1) is 11.3 Å². The summed E-state index contributed by atoms with van der Waals surface area (Å²) >= 11 is 13.5. The maximum absolute atomic E-state index is 12.5. The molecule has 1 N–H and O–H groups in total. The van der Waals surface area contributed by atoms with Crippen LogP contribution in [0.3, 0.4) is 0 Å². The van der Waals surface area contributed by atoms with Gasteiger partial charge < -0.3 is 10.1 Å². The van der Waals surface area contributed by atoms with E-state index in [2.05, 4.69) is 5.32 Å². The van der Waals surface area contributed by atoms with Crippen LogP contribution >= 0.6 is 34.5 Å². The van der Waals surface area contributed by atoms with Gasteiger partial charge in [-0.25, -0.2) is 4.79 Å². The third-order valence-electron chi connectivity index (χ3n) is 3.92. The monoisotopic (exact) mass is 445 g/mol. The van der Waals surface area contributed by atoms with Gasteiger partial charge in [0, 0.05) is 26.6 Å². The lowest BCUT2D eigenvalue weighted by molar-refractivity contribution is -0.111. The van der Waals surface area contributed by atoms with Crippen LogP contribution < -0.4 is 5.32 Å². The molecule has 1 aromatic heterocycles. The van der Waals surface area contributed by atoms with Gasteiger partial charge >= 0.3 is 5.97 Å². The second-order valence-electron chi connectivity index (χ2n) is 5.90. The summed E-state index contributed by atoms with van der Waals surface area (Å²) in [4.78, 5) is 25.6. The molecule has 7 heteroatoms. The van der Waals surface area contributed by atoms with Crippen molar-refractivity contribution in [1.82, 2.24) is 0 Å². The molecule has 2 aromatic carbocycles. The molecule has 29 heavy (non-hydrogen) atoms. The van der Waals surface area contributed by atoms with Crippen molar-refractivity contribution in [3.05, 3.63) is 81.8 Å². The van der Waals surface area contributed by atoms with Crippen molar-refractivity contribution in [3.63, 3.8) is 0 Å². The molecule has 0 spiro atoms. The van der Waals surface area contributed by atoms with Crippen molar-refractivity contribution in [3.8, 4) is 10.4 Å². The Balaban J connectivity index is 1.87. The highest BCUT2D eigenvalue weighted by molar-refractivity contribution is 7.20. The Hall–Kier alpha value is -2.60. The van der Waals surface area contributed by atoms with Crippen LogP contribution in [0.15, 0.2) is 60.7 Å². The van der Waals surface area contributed by atoms with E-state index in [-0.39, 0.29) is 6.61 Å². The number of halogens is 2. The van der Waals surface area contributed by atoms with E-state index in [9.17, 15) is 9.59 Å². The van der Waals surface area contributed by atoms with Crippen LogP contribution in [-0.4, -0.2) is 18.5 Å². The minimum atomic E-state index is -0.487. The number of hydrogen-bond donors (Lipinski definition) is 1.